The Labute approximate surface area is 208 Å². The zero-order chi connectivity index (χ0) is 26.7. The molecule has 0 saturated heterocycles. The van der Waals surface area contributed by atoms with Crippen molar-refractivity contribution in [2.24, 2.45) is 0 Å². The summed E-state index contributed by atoms with van der Waals surface area (Å²) in [5.74, 6) is -0.353. The molecule has 6 nitrogen and oxygen atoms in total. The Morgan fingerprint density at radius 2 is 1.64 bits per heavy atom. The van der Waals surface area contributed by atoms with E-state index in [1.54, 1.807) is 23.1 Å². The van der Waals surface area contributed by atoms with Crippen LogP contribution in [0.1, 0.15) is 40.9 Å². The maximum Gasteiger partial charge on any atom is 0.416 e. The summed E-state index contributed by atoms with van der Waals surface area (Å²) in [6.07, 6.45) is -4.71. The van der Waals surface area contributed by atoms with Gasteiger partial charge >= 0.3 is 16.3 Å². The lowest BCUT2D eigenvalue weighted by atomic mass is 10.1. The van der Waals surface area contributed by atoms with Gasteiger partial charge in [-0.15, -0.1) is 0 Å². The van der Waals surface area contributed by atoms with Gasteiger partial charge in [-0.2, -0.15) is 21.6 Å². The van der Waals surface area contributed by atoms with Crippen LogP contribution in [0.5, 0.6) is 11.5 Å². The fourth-order valence-corrected chi connectivity index (χ4v) is 4.41. The Bertz CT molecular complexity index is 1340. The van der Waals surface area contributed by atoms with Gasteiger partial charge in [0.05, 0.1) is 12.7 Å². The molecule has 0 spiro atoms. The van der Waals surface area contributed by atoms with Crippen LogP contribution in [0.15, 0.2) is 71.6 Å². The summed E-state index contributed by atoms with van der Waals surface area (Å²) < 4.78 is 75.2. The number of alkyl halides is 3. The summed E-state index contributed by atoms with van der Waals surface area (Å²) in [7, 11) is -3.31. The van der Waals surface area contributed by atoms with E-state index in [0.717, 1.165) is 23.8 Å². The fraction of sp³-hybridized carbons (Fsp3) is 0.269. The van der Waals surface area contributed by atoms with Gasteiger partial charge in [-0.05, 0) is 68.8 Å². The second-order valence-corrected chi connectivity index (χ2v) is 9.99. The summed E-state index contributed by atoms with van der Waals surface area (Å²) in [5.41, 5.74) is 0.947. The van der Waals surface area contributed by atoms with Crippen molar-refractivity contribution >= 4 is 16.0 Å². The van der Waals surface area contributed by atoms with E-state index in [9.17, 15) is 26.4 Å². The molecular weight excluding hydrogens is 495 g/mol. The standard InChI is InChI=1S/C26H26F3NO5S/c1-17(2)30(25(31)20-11-8-18(3)9-12-20)16-19-10-13-23(34-4)24(14-19)35-36(32,33)22-7-5-6-21(15-22)26(27,28)29/h5-15,17H,16H2,1-4H3. The zero-order valence-electron chi connectivity index (χ0n) is 20.2. The predicted molar refractivity (Wildman–Crippen MR) is 128 cm³/mol. The van der Waals surface area contributed by atoms with Crippen LogP contribution in [0.4, 0.5) is 13.2 Å². The second kappa shape index (κ2) is 10.6. The summed E-state index contributed by atoms with van der Waals surface area (Å²) in [6, 6.07) is 14.8. The van der Waals surface area contributed by atoms with Crippen LogP contribution < -0.4 is 8.92 Å². The molecule has 36 heavy (non-hydrogen) atoms. The molecule has 192 valence electrons. The average Bonchev–Trinajstić information content (AvgIpc) is 2.82. The Morgan fingerprint density at radius 3 is 2.22 bits per heavy atom. The van der Waals surface area contributed by atoms with Gasteiger partial charge in [-0.1, -0.05) is 29.8 Å². The van der Waals surface area contributed by atoms with E-state index in [2.05, 4.69) is 0 Å². The smallest absolute Gasteiger partial charge is 0.416 e. The minimum Gasteiger partial charge on any atom is -0.493 e. The molecule has 3 rings (SSSR count). The first kappa shape index (κ1) is 27.1. The van der Waals surface area contributed by atoms with Crippen LogP contribution in [0.3, 0.4) is 0 Å². The quantitative estimate of drug-likeness (QED) is 0.348. The zero-order valence-corrected chi connectivity index (χ0v) is 21.0. The summed E-state index contributed by atoms with van der Waals surface area (Å²) in [5, 5.41) is 0. The van der Waals surface area contributed by atoms with E-state index in [4.69, 9.17) is 8.92 Å². The molecule has 0 N–H and O–H groups in total. The maximum absolute atomic E-state index is 13.1. The van der Waals surface area contributed by atoms with Crippen LogP contribution in [0.2, 0.25) is 0 Å². The van der Waals surface area contributed by atoms with Crippen molar-refractivity contribution in [3.8, 4) is 11.5 Å². The van der Waals surface area contributed by atoms with Crippen molar-refractivity contribution in [2.45, 2.75) is 44.4 Å². The molecule has 0 heterocycles. The number of ether oxygens (including phenoxy) is 1. The van der Waals surface area contributed by atoms with Gasteiger partial charge in [0, 0.05) is 18.2 Å². The lowest BCUT2D eigenvalue weighted by Gasteiger charge is -2.27. The highest BCUT2D eigenvalue weighted by atomic mass is 32.2. The Morgan fingerprint density at radius 1 is 0.972 bits per heavy atom. The topological polar surface area (TPSA) is 72.9 Å². The molecule has 1 amide bonds. The normalized spacial score (nSPS) is 11.9. The van der Waals surface area contributed by atoms with Gasteiger partial charge in [0.1, 0.15) is 4.90 Å². The molecule has 0 bridgehead atoms. The number of hydrogen-bond donors (Lipinski definition) is 0. The molecule has 0 saturated carbocycles. The van der Waals surface area contributed by atoms with E-state index in [0.29, 0.717) is 17.2 Å². The molecule has 0 fully saturated rings. The lowest BCUT2D eigenvalue weighted by Crippen LogP contribution is -2.36. The number of nitrogens with zero attached hydrogens (tertiary/aromatic N) is 1. The lowest BCUT2D eigenvalue weighted by molar-refractivity contribution is -0.137. The van der Waals surface area contributed by atoms with E-state index < -0.39 is 26.8 Å². The Balaban J connectivity index is 1.91. The molecular formula is C26H26F3NO5S. The van der Waals surface area contributed by atoms with Gasteiger partial charge in [0.15, 0.2) is 11.5 Å². The fourth-order valence-electron chi connectivity index (χ4n) is 3.43. The van der Waals surface area contributed by atoms with E-state index in [-0.39, 0.29) is 30.0 Å². The van der Waals surface area contributed by atoms with E-state index in [1.807, 2.05) is 32.9 Å². The molecule has 0 aliphatic rings. The highest BCUT2D eigenvalue weighted by molar-refractivity contribution is 7.87. The Kier molecular flexibility index (Phi) is 7.98. The number of aryl methyl sites for hydroxylation is 1. The number of carbonyl (C=O) groups is 1. The minimum atomic E-state index is -4.71. The molecule has 0 radical (unpaired) electrons. The highest BCUT2D eigenvalue weighted by Gasteiger charge is 2.32. The van der Waals surface area contributed by atoms with Gasteiger partial charge in [-0.3, -0.25) is 4.79 Å². The molecule has 10 heteroatoms. The second-order valence-electron chi connectivity index (χ2n) is 8.44. The number of benzene rings is 3. The largest absolute Gasteiger partial charge is 0.493 e. The number of hydrogen-bond acceptors (Lipinski definition) is 5. The monoisotopic (exact) mass is 521 g/mol. The molecule has 0 atom stereocenters. The Hall–Kier alpha value is -3.53. The number of rotatable bonds is 8. The summed E-state index contributed by atoms with van der Waals surface area (Å²) in [4.78, 5) is 14.1. The minimum absolute atomic E-state index is 0.0651. The SMILES string of the molecule is COc1ccc(CN(C(=O)c2ccc(C)cc2)C(C)C)cc1OS(=O)(=O)c1cccc(C(F)(F)F)c1. The van der Waals surface area contributed by atoms with Crippen LogP contribution in [-0.2, 0) is 22.8 Å². The number of halogens is 3. The highest BCUT2D eigenvalue weighted by Crippen LogP contribution is 2.34. The number of carbonyl (C=O) groups excluding carboxylic acids is 1. The van der Waals surface area contributed by atoms with Gasteiger partial charge < -0.3 is 13.8 Å². The van der Waals surface area contributed by atoms with E-state index >= 15 is 0 Å². The molecule has 0 aliphatic carbocycles. The predicted octanol–water partition coefficient (Wildman–Crippen LogP) is 5.84. The third kappa shape index (κ3) is 6.37. The molecule has 3 aromatic rings. The van der Waals surface area contributed by atoms with Crippen LogP contribution in [0, 0.1) is 6.92 Å². The molecule has 0 aromatic heterocycles. The van der Waals surface area contributed by atoms with Crippen LogP contribution >= 0.6 is 0 Å². The van der Waals surface area contributed by atoms with Crippen molar-refractivity contribution in [1.82, 2.24) is 4.90 Å². The van der Waals surface area contributed by atoms with Crippen molar-refractivity contribution in [1.29, 1.82) is 0 Å². The molecule has 0 aliphatic heterocycles. The van der Waals surface area contributed by atoms with Crippen molar-refractivity contribution in [3.05, 3.63) is 89.0 Å². The molecule has 3 aromatic carbocycles. The third-order valence-corrected chi connectivity index (χ3v) is 6.64. The van der Waals surface area contributed by atoms with Gasteiger partial charge in [0.25, 0.3) is 5.91 Å². The van der Waals surface area contributed by atoms with Gasteiger partial charge in [-0.25, -0.2) is 0 Å². The van der Waals surface area contributed by atoms with Crippen molar-refractivity contribution in [2.75, 3.05) is 7.11 Å². The first-order valence-corrected chi connectivity index (χ1v) is 12.4. The average molecular weight is 522 g/mol. The summed E-state index contributed by atoms with van der Waals surface area (Å²) in [6.45, 7) is 5.76. The third-order valence-electron chi connectivity index (χ3n) is 5.41. The van der Waals surface area contributed by atoms with Crippen molar-refractivity contribution < 1.29 is 35.3 Å². The van der Waals surface area contributed by atoms with Crippen LogP contribution in [-0.4, -0.2) is 32.4 Å². The first-order chi connectivity index (χ1) is 16.8. The maximum atomic E-state index is 13.1. The van der Waals surface area contributed by atoms with E-state index in [1.165, 1.54) is 19.2 Å². The first-order valence-electron chi connectivity index (χ1n) is 11.0. The number of methoxy groups -OCH3 is 1. The van der Waals surface area contributed by atoms with Crippen molar-refractivity contribution in [3.63, 3.8) is 0 Å². The molecule has 0 unspecified atom stereocenters. The van der Waals surface area contributed by atoms with Crippen LogP contribution in [0.25, 0.3) is 0 Å². The number of amides is 1. The summed E-state index contributed by atoms with van der Waals surface area (Å²) >= 11 is 0. The van der Waals surface area contributed by atoms with Gasteiger partial charge in [0.2, 0.25) is 0 Å².